The summed E-state index contributed by atoms with van der Waals surface area (Å²) in [6.07, 6.45) is -1.24. The van der Waals surface area contributed by atoms with E-state index in [1.807, 2.05) is 0 Å². The van der Waals surface area contributed by atoms with Crippen molar-refractivity contribution in [1.29, 1.82) is 0 Å². The van der Waals surface area contributed by atoms with Gasteiger partial charge in [0.15, 0.2) is 0 Å². The van der Waals surface area contributed by atoms with E-state index in [0.717, 1.165) is 0 Å². The summed E-state index contributed by atoms with van der Waals surface area (Å²) in [5.41, 5.74) is 10.7. The van der Waals surface area contributed by atoms with E-state index in [9.17, 15) is 13.9 Å². The van der Waals surface area contributed by atoms with Crippen LogP contribution in [0.4, 0.5) is 8.78 Å². The van der Waals surface area contributed by atoms with Crippen LogP contribution in [0.3, 0.4) is 0 Å². The normalized spacial score (nSPS) is 16.7. The molecule has 5 N–H and O–H groups in total. The first-order valence-corrected chi connectivity index (χ1v) is 4.95. The first kappa shape index (κ1) is 13.7. The molecule has 0 fully saturated rings. The second kappa shape index (κ2) is 6.27. The van der Waals surface area contributed by atoms with E-state index in [2.05, 4.69) is 0 Å². The van der Waals surface area contributed by atoms with Crippen molar-refractivity contribution in [2.24, 2.45) is 11.5 Å². The summed E-state index contributed by atoms with van der Waals surface area (Å²) in [7, 11) is 0. The molecule has 2 unspecified atom stereocenters. The Morgan fingerprint density at radius 3 is 2.43 bits per heavy atom. The van der Waals surface area contributed by atoms with Gasteiger partial charge in [0.05, 0.1) is 0 Å². The van der Waals surface area contributed by atoms with Gasteiger partial charge in [0.1, 0.15) is 6.10 Å². The molecule has 0 bridgehead atoms. The second-order valence-corrected chi connectivity index (χ2v) is 3.60. The maximum absolute atomic E-state index is 13.1. The average Bonchev–Trinajstić information content (AvgIpc) is 2.04. The molecule has 0 saturated carbocycles. The Kier molecular flexibility index (Phi) is 6.15. The third kappa shape index (κ3) is 4.83. The second-order valence-electron chi connectivity index (χ2n) is 3.60. The topological polar surface area (TPSA) is 72.3 Å². The van der Waals surface area contributed by atoms with Crippen LogP contribution in [0.15, 0.2) is 0 Å². The predicted molar refractivity (Wildman–Crippen MR) is 52.1 cm³/mol. The highest BCUT2D eigenvalue weighted by molar-refractivity contribution is 4.80. The fraction of sp³-hybridized carbons (Fsp3) is 1.00. The lowest BCUT2D eigenvalue weighted by Gasteiger charge is -2.24. The van der Waals surface area contributed by atoms with E-state index in [4.69, 9.17) is 11.5 Å². The van der Waals surface area contributed by atoms with Crippen LogP contribution in [0.2, 0.25) is 0 Å². The van der Waals surface area contributed by atoms with Crippen LogP contribution < -0.4 is 11.5 Å². The minimum atomic E-state index is -3.03. The Morgan fingerprint density at radius 1 is 1.43 bits per heavy atom. The van der Waals surface area contributed by atoms with E-state index in [0.29, 0.717) is 19.4 Å². The third-order valence-electron chi connectivity index (χ3n) is 2.13. The van der Waals surface area contributed by atoms with Gasteiger partial charge in [-0.1, -0.05) is 13.3 Å². The molecule has 0 amide bonds. The Bertz CT molecular complexity index is 156. The van der Waals surface area contributed by atoms with Gasteiger partial charge in [-0.15, -0.1) is 0 Å². The number of nitrogens with two attached hydrogens (primary N) is 2. The predicted octanol–water partition coefficient (Wildman–Crippen LogP) is 0.849. The van der Waals surface area contributed by atoms with Gasteiger partial charge in [0, 0.05) is 12.5 Å². The molecule has 0 heterocycles. The summed E-state index contributed by atoms with van der Waals surface area (Å²) in [6.45, 7) is 2.01. The molecule has 86 valence electrons. The molecule has 0 aliphatic heterocycles. The molecule has 0 aliphatic carbocycles. The van der Waals surface area contributed by atoms with Crippen LogP contribution in [0.5, 0.6) is 0 Å². The SMILES string of the molecule is CCCC(F)(F)C(O)CC(N)CCN. The summed E-state index contributed by atoms with van der Waals surface area (Å²) in [4.78, 5) is 0. The van der Waals surface area contributed by atoms with Gasteiger partial charge < -0.3 is 16.6 Å². The van der Waals surface area contributed by atoms with E-state index >= 15 is 0 Å². The lowest BCUT2D eigenvalue weighted by atomic mass is 9.99. The largest absolute Gasteiger partial charge is 0.387 e. The molecular formula is C9H20F2N2O. The van der Waals surface area contributed by atoms with E-state index < -0.39 is 18.1 Å². The number of alkyl halides is 2. The molecule has 0 aliphatic rings. The quantitative estimate of drug-likeness (QED) is 0.583. The zero-order chi connectivity index (χ0) is 11.2. The van der Waals surface area contributed by atoms with Crippen molar-refractivity contribution in [1.82, 2.24) is 0 Å². The van der Waals surface area contributed by atoms with Gasteiger partial charge in [0.2, 0.25) is 0 Å². The molecule has 0 aromatic carbocycles. The van der Waals surface area contributed by atoms with Crippen LogP contribution in [0.25, 0.3) is 0 Å². The highest BCUT2D eigenvalue weighted by Crippen LogP contribution is 2.27. The molecule has 0 saturated heterocycles. The Balaban J connectivity index is 3.98. The van der Waals surface area contributed by atoms with Gasteiger partial charge in [0.25, 0.3) is 5.92 Å². The van der Waals surface area contributed by atoms with Gasteiger partial charge in [-0.25, -0.2) is 8.78 Å². The minimum absolute atomic E-state index is 0.0931. The Hall–Kier alpha value is -0.260. The molecule has 14 heavy (non-hydrogen) atoms. The maximum atomic E-state index is 13.1. The van der Waals surface area contributed by atoms with Crippen molar-refractivity contribution >= 4 is 0 Å². The molecule has 3 nitrogen and oxygen atoms in total. The van der Waals surface area contributed by atoms with Gasteiger partial charge in [-0.2, -0.15) is 0 Å². The number of halogens is 2. The van der Waals surface area contributed by atoms with E-state index in [-0.39, 0.29) is 12.8 Å². The van der Waals surface area contributed by atoms with Crippen LogP contribution in [0, 0.1) is 0 Å². The van der Waals surface area contributed by atoms with Crippen LogP contribution in [0.1, 0.15) is 32.6 Å². The molecule has 0 rings (SSSR count). The summed E-state index contributed by atoms with van der Waals surface area (Å²) in [6, 6.07) is -0.447. The standard InChI is InChI=1S/C9H20F2N2O/c1-2-4-9(10,11)8(14)6-7(13)3-5-12/h7-8,14H,2-6,12-13H2,1H3. The molecule has 0 aromatic rings. The number of aliphatic hydroxyl groups is 1. The molecule has 0 spiro atoms. The summed E-state index contributed by atoms with van der Waals surface area (Å²) in [5.74, 6) is -3.03. The zero-order valence-electron chi connectivity index (χ0n) is 8.55. The van der Waals surface area contributed by atoms with Gasteiger partial charge >= 0.3 is 0 Å². The number of hydrogen-bond acceptors (Lipinski definition) is 3. The van der Waals surface area contributed by atoms with E-state index in [1.165, 1.54) is 0 Å². The maximum Gasteiger partial charge on any atom is 0.273 e. The third-order valence-corrected chi connectivity index (χ3v) is 2.13. The molecule has 5 heteroatoms. The molecule has 0 aromatic heterocycles. The van der Waals surface area contributed by atoms with E-state index in [1.54, 1.807) is 6.92 Å². The monoisotopic (exact) mass is 210 g/mol. The van der Waals surface area contributed by atoms with Gasteiger partial charge in [-0.3, -0.25) is 0 Å². The van der Waals surface area contributed by atoms with Crippen molar-refractivity contribution in [3.63, 3.8) is 0 Å². The first-order valence-electron chi connectivity index (χ1n) is 4.95. The minimum Gasteiger partial charge on any atom is -0.387 e. The van der Waals surface area contributed by atoms with Crippen molar-refractivity contribution in [3.05, 3.63) is 0 Å². The summed E-state index contributed by atoms with van der Waals surface area (Å²) < 4.78 is 26.2. The molecular weight excluding hydrogens is 190 g/mol. The van der Waals surface area contributed by atoms with Crippen molar-refractivity contribution in [2.45, 2.75) is 50.7 Å². The zero-order valence-corrected chi connectivity index (χ0v) is 8.55. The first-order chi connectivity index (χ1) is 6.44. The fourth-order valence-electron chi connectivity index (χ4n) is 1.29. The van der Waals surface area contributed by atoms with Crippen molar-refractivity contribution in [2.75, 3.05) is 6.54 Å². The highest BCUT2D eigenvalue weighted by Gasteiger charge is 2.37. The van der Waals surface area contributed by atoms with Crippen LogP contribution >= 0.6 is 0 Å². The molecule has 0 radical (unpaired) electrons. The summed E-state index contributed by atoms with van der Waals surface area (Å²) >= 11 is 0. The number of aliphatic hydroxyl groups excluding tert-OH is 1. The van der Waals surface area contributed by atoms with Crippen molar-refractivity contribution < 1.29 is 13.9 Å². The lowest BCUT2D eigenvalue weighted by molar-refractivity contribution is -0.118. The number of rotatable bonds is 7. The van der Waals surface area contributed by atoms with Crippen LogP contribution in [-0.4, -0.2) is 29.7 Å². The van der Waals surface area contributed by atoms with Crippen molar-refractivity contribution in [3.8, 4) is 0 Å². The van der Waals surface area contributed by atoms with Crippen LogP contribution in [-0.2, 0) is 0 Å². The highest BCUT2D eigenvalue weighted by atomic mass is 19.3. The Morgan fingerprint density at radius 2 is 2.00 bits per heavy atom. The molecule has 2 atom stereocenters. The fourth-order valence-corrected chi connectivity index (χ4v) is 1.29. The smallest absolute Gasteiger partial charge is 0.273 e. The summed E-state index contributed by atoms with van der Waals surface area (Å²) in [5, 5.41) is 9.23. The number of hydrogen-bond donors (Lipinski definition) is 3. The average molecular weight is 210 g/mol. The lowest BCUT2D eigenvalue weighted by Crippen LogP contribution is -2.39. The Labute approximate surface area is 83.5 Å². The van der Waals surface area contributed by atoms with Gasteiger partial charge in [-0.05, 0) is 19.4 Å².